The average molecular weight is 402 g/mol. The molecule has 140 valence electrons. The Hall–Kier alpha value is -2.44. The molecule has 0 bridgehead atoms. The van der Waals surface area contributed by atoms with E-state index in [1.807, 2.05) is 42.8 Å². The lowest BCUT2D eigenvalue weighted by molar-refractivity contribution is -0.129. The van der Waals surface area contributed by atoms with Crippen molar-refractivity contribution >= 4 is 28.8 Å². The third-order valence-corrected chi connectivity index (χ3v) is 5.09. The van der Waals surface area contributed by atoms with E-state index in [0.717, 1.165) is 28.6 Å². The first kappa shape index (κ1) is 19.3. The molecule has 3 rings (SSSR count). The first-order valence-corrected chi connectivity index (χ1v) is 9.81. The summed E-state index contributed by atoms with van der Waals surface area (Å²) in [4.78, 5) is 22.9. The van der Waals surface area contributed by atoms with Gasteiger partial charge in [-0.3, -0.25) is 9.78 Å². The van der Waals surface area contributed by atoms with Crippen molar-refractivity contribution in [2.75, 3.05) is 13.6 Å². The van der Waals surface area contributed by atoms with Crippen molar-refractivity contribution in [1.29, 1.82) is 0 Å². The molecule has 2 aromatic heterocycles. The van der Waals surface area contributed by atoms with Gasteiger partial charge in [0, 0.05) is 42.3 Å². The van der Waals surface area contributed by atoms with E-state index >= 15 is 0 Å². The maximum absolute atomic E-state index is 12.4. The number of thiazole rings is 1. The van der Waals surface area contributed by atoms with Crippen molar-refractivity contribution in [3.63, 3.8) is 0 Å². The van der Waals surface area contributed by atoms with Gasteiger partial charge in [0.2, 0.25) is 5.91 Å². The van der Waals surface area contributed by atoms with Gasteiger partial charge in [0.25, 0.3) is 0 Å². The minimum Gasteiger partial charge on any atom is -0.486 e. The molecule has 0 atom stereocenters. The van der Waals surface area contributed by atoms with Crippen molar-refractivity contribution in [1.82, 2.24) is 14.9 Å². The number of hydrogen-bond donors (Lipinski definition) is 0. The molecule has 7 heteroatoms. The van der Waals surface area contributed by atoms with E-state index < -0.39 is 0 Å². The zero-order valence-corrected chi connectivity index (χ0v) is 16.5. The van der Waals surface area contributed by atoms with Gasteiger partial charge < -0.3 is 9.64 Å². The smallest absolute Gasteiger partial charge is 0.228 e. The molecule has 1 aromatic carbocycles. The van der Waals surface area contributed by atoms with E-state index in [0.29, 0.717) is 18.2 Å². The van der Waals surface area contributed by atoms with Crippen LogP contribution >= 0.6 is 22.9 Å². The van der Waals surface area contributed by atoms with Crippen molar-refractivity contribution in [3.8, 4) is 5.75 Å². The van der Waals surface area contributed by atoms with Gasteiger partial charge in [0.15, 0.2) is 0 Å². The number of benzene rings is 1. The number of rotatable bonds is 8. The van der Waals surface area contributed by atoms with Crippen LogP contribution in [0.15, 0.2) is 54.0 Å². The number of amides is 1. The maximum Gasteiger partial charge on any atom is 0.228 e. The molecule has 27 heavy (non-hydrogen) atoms. The van der Waals surface area contributed by atoms with E-state index in [-0.39, 0.29) is 12.3 Å². The molecule has 0 spiro atoms. The van der Waals surface area contributed by atoms with Gasteiger partial charge in [0.1, 0.15) is 17.4 Å². The van der Waals surface area contributed by atoms with Gasteiger partial charge in [-0.2, -0.15) is 0 Å². The fourth-order valence-corrected chi connectivity index (χ4v) is 3.25. The third-order valence-electron chi connectivity index (χ3n) is 3.96. The lowest BCUT2D eigenvalue weighted by atomic mass is 10.2. The van der Waals surface area contributed by atoms with Crippen LogP contribution in [0, 0.1) is 0 Å². The summed E-state index contributed by atoms with van der Waals surface area (Å²) in [5, 5.41) is 3.42. The topological polar surface area (TPSA) is 55.3 Å². The number of likely N-dealkylation sites (N-methyl/N-ethyl adjacent to an activating group) is 1. The highest BCUT2D eigenvalue weighted by atomic mass is 35.5. The minimum absolute atomic E-state index is 0.0430. The molecular formula is C20H20ClN3O2S. The number of pyridine rings is 1. The monoisotopic (exact) mass is 401 g/mol. The molecule has 0 fully saturated rings. The second-order valence-corrected chi connectivity index (χ2v) is 7.42. The van der Waals surface area contributed by atoms with Crippen LogP contribution in [0.2, 0.25) is 5.02 Å². The molecule has 0 saturated carbocycles. The predicted molar refractivity (Wildman–Crippen MR) is 107 cm³/mol. The highest BCUT2D eigenvalue weighted by Gasteiger charge is 2.13. The summed E-state index contributed by atoms with van der Waals surface area (Å²) < 4.78 is 5.69. The van der Waals surface area contributed by atoms with E-state index in [9.17, 15) is 4.79 Å². The van der Waals surface area contributed by atoms with Crippen LogP contribution in [0.3, 0.4) is 0 Å². The van der Waals surface area contributed by atoms with Gasteiger partial charge in [-0.25, -0.2) is 4.98 Å². The SMILES string of the molecule is CN(CCc1ccccn1)C(=O)Cc1csc(COc2ccc(Cl)cc2)n1. The maximum atomic E-state index is 12.4. The number of carbonyl (C=O) groups is 1. The zero-order valence-electron chi connectivity index (χ0n) is 15.0. The van der Waals surface area contributed by atoms with E-state index in [1.54, 1.807) is 23.2 Å². The molecule has 0 aliphatic heterocycles. The van der Waals surface area contributed by atoms with Crippen LogP contribution in [-0.2, 0) is 24.2 Å². The lowest BCUT2D eigenvalue weighted by Gasteiger charge is -2.16. The number of hydrogen-bond acceptors (Lipinski definition) is 5. The molecule has 5 nitrogen and oxygen atoms in total. The average Bonchev–Trinajstić information content (AvgIpc) is 3.13. The van der Waals surface area contributed by atoms with Gasteiger partial charge in [-0.1, -0.05) is 17.7 Å². The molecule has 1 amide bonds. The number of aromatic nitrogens is 2. The fraction of sp³-hybridized carbons (Fsp3) is 0.250. The lowest BCUT2D eigenvalue weighted by Crippen LogP contribution is -2.30. The van der Waals surface area contributed by atoms with Crippen LogP contribution in [0.25, 0.3) is 0 Å². The van der Waals surface area contributed by atoms with Gasteiger partial charge >= 0.3 is 0 Å². The Morgan fingerprint density at radius 3 is 2.74 bits per heavy atom. The Balaban J connectivity index is 1.46. The van der Waals surface area contributed by atoms with Crippen molar-refractivity contribution < 1.29 is 9.53 Å². The summed E-state index contributed by atoms with van der Waals surface area (Å²) in [5.41, 5.74) is 1.75. The second kappa shape index (κ2) is 9.48. The van der Waals surface area contributed by atoms with E-state index in [2.05, 4.69) is 9.97 Å². The molecule has 3 aromatic rings. The summed E-state index contributed by atoms with van der Waals surface area (Å²) in [7, 11) is 1.81. The second-order valence-electron chi connectivity index (χ2n) is 6.04. The third kappa shape index (κ3) is 6.05. The number of carbonyl (C=O) groups excluding carboxylic acids is 1. The quantitative estimate of drug-likeness (QED) is 0.572. The summed E-state index contributed by atoms with van der Waals surface area (Å²) in [6.07, 6.45) is 2.79. The molecule has 0 aliphatic carbocycles. The first-order chi connectivity index (χ1) is 13.1. The molecule has 0 unspecified atom stereocenters. The predicted octanol–water partition coefficient (Wildman–Crippen LogP) is 4.01. The molecule has 0 N–H and O–H groups in total. The fourth-order valence-electron chi connectivity index (χ4n) is 2.42. The van der Waals surface area contributed by atoms with E-state index in [1.165, 1.54) is 11.3 Å². The van der Waals surface area contributed by atoms with Gasteiger partial charge in [-0.15, -0.1) is 11.3 Å². The first-order valence-electron chi connectivity index (χ1n) is 8.55. The Labute approximate surface area is 167 Å². The van der Waals surface area contributed by atoms with Crippen LogP contribution in [0.4, 0.5) is 0 Å². The molecule has 0 saturated heterocycles. The summed E-state index contributed by atoms with van der Waals surface area (Å²) in [6, 6.07) is 13.0. The van der Waals surface area contributed by atoms with Crippen LogP contribution < -0.4 is 4.74 Å². The van der Waals surface area contributed by atoms with Gasteiger partial charge in [-0.05, 0) is 36.4 Å². The number of nitrogens with zero attached hydrogens (tertiary/aromatic N) is 3. The number of halogens is 1. The van der Waals surface area contributed by atoms with Crippen LogP contribution in [0.1, 0.15) is 16.4 Å². The van der Waals surface area contributed by atoms with Crippen molar-refractivity contribution in [2.45, 2.75) is 19.4 Å². The Morgan fingerprint density at radius 1 is 1.19 bits per heavy atom. The van der Waals surface area contributed by atoms with E-state index in [4.69, 9.17) is 16.3 Å². The Morgan fingerprint density at radius 2 is 2.00 bits per heavy atom. The van der Waals surface area contributed by atoms with Crippen LogP contribution in [-0.4, -0.2) is 34.4 Å². The summed E-state index contributed by atoms with van der Waals surface area (Å²) in [5.74, 6) is 0.780. The summed E-state index contributed by atoms with van der Waals surface area (Å²) in [6.45, 7) is 1.00. The van der Waals surface area contributed by atoms with Gasteiger partial charge in [0.05, 0.1) is 12.1 Å². The minimum atomic E-state index is 0.0430. The summed E-state index contributed by atoms with van der Waals surface area (Å²) >= 11 is 7.35. The molecule has 2 heterocycles. The largest absolute Gasteiger partial charge is 0.486 e. The normalized spacial score (nSPS) is 10.6. The van der Waals surface area contributed by atoms with Crippen molar-refractivity contribution in [3.05, 3.63) is 75.5 Å². The Kier molecular flexibility index (Phi) is 6.79. The molecular weight excluding hydrogens is 382 g/mol. The highest BCUT2D eigenvalue weighted by Crippen LogP contribution is 2.18. The van der Waals surface area contributed by atoms with Crippen LogP contribution in [0.5, 0.6) is 5.75 Å². The molecule has 0 aliphatic rings. The standard InChI is InChI=1S/C20H20ClN3O2S/c1-24(11-9-16-4-2-3-10-22-16)20(25)12-17-14-27-19(23-17)13-26-18-7-5-15(21)6-8-18/h2-8,10,14H,9,11-13H2,1H3. The Bertz CT molecular complexity index is 868. The zero-order chi connectivity index (χ0) is 19.1. The number of ether oxygens (including phenoxy) is 1. The van der Waals surface area contributed by atoms with Crippen molar-refractivity contribution in [2.24, 2.45) is 0 Å². The highest BCUT2D eigenvalue weighted by molar-refractivity contribution is 7.09. The molecule has 0 radical (unpaired) electrons.